The molecule has 2 heterocycles. The van der Waals surface area contributed by atoms with Gasteiger partial charge >= 0.3 is 0 Å². The van der Waals surface area contributed by atoms with Gasteiger partial charge in [-0.2, -0.15) is 10.4 Å². The summed E-state index contributed by atoms with van der Waals surface area (Å²) < 4.78 is 7.19. The summed E-state index contributed by atoms with van der Waals surface area (Å²) in [5.74, 6) is 1.04. The van der Waals surface area contributed by atoms with Crippen LogP contribution < -0.4 is 15.6 Å². The number of rotatable bonds is 2. The Balaban J connectivity index is 2.13. The van der Waals surface area contributed by atoms with E-state index < -0.39 is 17.2 Å². The standard InChI is InChI=1S/C18H20N4O3/c1-17(2)18(3,24)16(20-14-7-8-15(23)22(4)21-14)12-9-11(10-19)5-6-13(12)25-17/h5-9,16,24H,1-4H3,(H,20,21). The smallest absolute Gasteiger partial charge is 0.266 e. The first-order chi connectivity index (χ1) is 11.7. The number of fused-ring (bicyclic) bond motifs is 1. The van der Waals surface area contributed by atoms with Gasteiger partial charge in [0.25, 0.3) is 5.56 Å². The molecule has 0 amide bonds. The van der Waals surface area contributed by atoms with Crippen molar-refractivity contribution >= 4 is 5.82 Å². The molecule has 2 atom stereocenters. The molecule has 1 aliphatic rings. The lowest BCUT2D eigenvalue weighted by atomic mass is 9.75. The number of hydrogen-bond acceptors (Lipinski definition) is 6. The van der Waals surface area contributed by atoms with Crippen LogP contribution in [0.25, 0.3) is 0 Å². The molecule has 7 nitrogen and oxygen atoms in total. The number of nitrogens with zero attached hydrogens (tertiary/aromatic N) is 3. The van der Waals surface area contributed by atoms with Crippen molar-refractivity contribution < 1.29 is 9.84 Å². The summed E-state index contributed by atoms with van der Waals surface area (Å²) in [4.78, 5) is 11.5. The van der Waals surface area contributed by atoms with Crippen LogP contribution in [-0.4, -0.2) is 26.1 Å². The van der Waals surface area contributed by atoms with E-state index in [0.29, 0.717) is 22.7 Å². The maximum atomic E-state index is 11.5. The number of benzene rings is 1. The van der Waals surface area contributed by atoms with Crippen molar-refractivity contribution in [2.75, 3.05) is 5.32 Å². The molecule has 0 saturated heterocycles. The third-order valence-electron chi connectivity index (χ3n) is 4.85. The van der Waals surface area contributed by atoms with Gasteiger partial charge in [-0.05, 0) is 45.0 Å². The Bertz CT molecular complexity index is 925. The van der Waals surface area contributed by atoms with Gasteiger partial charge < -0.3 is 15.2 Å². The number of hydrogen-bond donors (Lipinski definition) is 2. The predicted octanol–water partition coefficient (Wildman–Crippen LogP) is 1.73. The minimum Gasteiger partial charge on any atom is -0.484 e. The van der Waals surface area contributed by atoms with Crippen molar-refractivity contribution in [3.8, 4) is 11.8 Å². The molecule has 0 bridgehead atoms. The Morgan fingerprint density at radius 1 is 1.32 bits per heavy atom. The summed E-state index contributed by atoms with van der Waals surface area (Å²) in [6.45, 7) is 5.28. The fourth-order valence-electron chi connectivity index (χ4n) is 2.91. The highest BCUT2D eigenvalue weighted by atomic mass is 16.5. The highest BCUT2D eigenvalue weighted by Gasteiger charge is 2.52. The summed E-state index contributed by atoms with van der Waals surface area (Å²) in [6, 6.07) is 9.59. The topological polar surface area (TPSA) is 100 Å². The van der Waals surface area contributed by atoms with E-state index in [1.54, 1.807) is 52.1 Å². The molecule has 2 N–H and O–H groups in total. The third kappa shape index (κ3) is 2.75. The molecule has 0 spiro atoms. The van der Waals surface area contributed by atoms with Crippen LogP contribution in [0.15, 0.2) is 35.1 Å². The summed E-state index contributed by atoms with van der Waals surface area (Å²) in [5.41, 5.74) is -1.27. The molecule has 1 aromatic heterocycles. The second-order valence-electron chi connectivity index (χ2n) is 6.88. The Labute approximate surface area is 145 Å². The maximum Gasteiger partial charge on any atom is 0.266 e. The van der Waals surface area contributed by atoms with Gasteiger partial charge in [0.1, 0.15) is 22.8 Å². The maximum absolute atomic E-state index is 11.5. The molecule has 0 aliphatic carbocycles. The second-order valence-corrected chi connectivity index (χ2v) is 6.88. The number of nitriles is 1. The molecule has 130 valence electrons. The first-order valence-electron chi connectivity index (χ1n) is 7.92. The molecule has 3 rings (SSSR count). The van der Waals surface area contributed by atoms with Crippen LogP contribution in [0.4, 0.5) is 5.82 Å². The van der Waals surface area contributed by atoms with Crippen molar-refractivity contribution in [2.45, 2.75) is 38.0 Å². The van der Waals surface area contributed by atoms with E-state index in [2.05, 4.69) is 16.5 Å². The summed E-state index contributed by atoms with van der Waals surface area (Å²) in [6.07, 6.45) is 0. The van der Waals surface area contributed by atoms with E-state index in [9.17, 15) is 15.2 Å². The summed E-state index contributed by atoms with van der Waals surface area (Å²) >= 11 is 0. The molecule has 0 fully saturated rings. The van der Waals surface area contributed by atoms with Gasteiger partial charge in [-0.15, -0.1) is 0 Å². The fraction of sp³-hybridized carbons (Fsp3) is 0.389. The zero-order chi connectivity index (χ0) is 18.4. The van der Waals surface area contributed by atoms with Crippen LogP contribution in [0.2, 0.25) is 0 Å². The summed E-state index contributed by atoms with van der Waals surface area (Å²) in [5, 5.41) is 27.7. The van der Waals surface area contributed by atoms with Gasteiger partial charge in [-0.25, -0.2) is 4.68 Å². The molecule has 0 saturated carbocycles. The van der Waals surface area contributed by atoms with E-state index in [0.717, 1.165) is 0 Å². The fourth-order valence-corrected chi connectivity index (χ4v) is 2.91. The molecular formula is C18H20N4O3. The van der Waals surface area contributed by atoms with Crippen molar-refractivity contribution in [3.63, 3.8) is 0 Å². The van der Waals surface area contributed by atoms with Crippen molar-refractivity contribution in [1.29, 1.82) is 5.26 Å². The van der Waals surface area contributed by atoms with Crippen molar-refractivity contribution in [2.24, 2.45) is 7.05 Å². The Kier molecular flexibility index (Phi) is 3.81. The molecule has 0 radical (unpaired) electrons. The van der Waals surface area contributed by atoms with Gasteiger partial charge in [-0.1, -0.05) is 0 Å². The lowest BCUT2D eigenvalue weighted by Crippen LogP contribution is -2.60. The average molecular weight is 340 g/mol. The van der Waals surface area contributed by atoms with Gasteiger partial charge in [0.05, 0.1) is 17.7 Å². The highest BCUT2D eigenvalue weighted by Crippen LogP contribution is 2.47. The number of aryl methyl sites for hydroxylation is 1. The van der Waals surface area contributed by atoms with Gasteiger partial charge in [0.15, 0.2) is 0 Å². The largest absolute Gasteiger partial charge is 0.484 e. The highest BCUT2D eigenvalue weighted by molar-refractivity contribution is 5.51. The number of aliphatic hydroxyl groups is 1. The van der Waals surface area contributed by atoms with Crippen LogP contribution >= 0.6 is 0 Å². The lowest BCUT2D eigenvalue weighted by molar-refractivity contribution is -0.128. The van der Waals surface area contributed by atoms with Crippen LogP contribution in [0.1, 0.15) is 37.9 Å². The Morgan fingerprint density at radius 3 is 2.68 bits per heavy atom. The SMILES string of the molecule is Cn1nc(NC2c3cc(C#N)ccc3OC(C)(C)C2(C)O)ccc1=O. The third-order valence-corrected chi connectivity index (χ3v) is 4.85. The van der Waals surface area contributed by atoms with Crippen molar-refractivity contribution in [3.05, 3.63) is 51.8 Å². The quantitative estimate of drug-likeness (QED) is 0.863. The molecule has 2 aromatic rings. The van der Waals surface area contributed by atoms with Crippen molar-refractivity contribution in [1.82, 2.24) is 9.78 Å². The van der Waals surface area contributed by atoms with E-state index >= 15 is 0 Å². The molecule has 25 heavy (non-hydrogen) atoms. The minimum atomic E-state index is -1.30. The van der Waals surface area contributed by atoms with E-state index in [1.807, 2.05) is 0 Å². The normalized spacial score (nSPS) is 23.9. The Hall–Kier alpha value is -2.85. The first-order valence-corrected chi connectivity index (χ1v) is 7.92. The molecule has 2 unspecified atom stereocenters. The Morgan fingerprint density at radius 2 is 2.04 bits per heavy atom. The molecule has 1 aromatic carbocycles. The van der Waals surface area contributed by atoms with E-state index in [4.69, 9.17) is 4.74 Å². The average Bonchev–Trinajstić information content (AvgIpc) is 2.55. The summed E-state index contributed by atoms with van der Waals surface area (Å²) in [7, 11) is 1.56. The number of aromatic nitrogens is 2. The number of ether oxygens (including phenoxy) is 1. The van der Waals surface area contributed by atoms with E-state index in [1.165, 1.54) is 10.7 Å². The molecule has 1 aliphatic heterocycles. The van der Waals surface area contributed by atoms with Crippen LogP contribution in [0.3, 0.4) is 0 Å². The van der Waals surface area contributed by atoms with Gasteiger partial charge in [0.2, 0.25) is 0 Å². The molecular weight excluding hydrogens is 320 g/mol. The molecule has 7 heteroatoms. The minimum absolute atomic E-state index is 0.225. The van der Waals surface area contributed by atoms with Crippen LogP contribution in [-0.2, 0) is 7.05 Å². The second kappa shape index (κ2) is 5.60. The van der Waals surface area contributed by atoms with Crippen LogP contribution in [0.5, 0.6) is 5.75 Å². The zero-order valence-corrected chi connectivity index (χ0v) is 14.6. The lowest BCUT2D eigenvalue weighted by Gasteiger charge is -2.49. The van der Waals surface area contributed by atoms with Crippen LogP contribution in [0, 0.1) is 11.3 Å². The number of nitrogens with one attached hydrogen (secondary N) is 1. The zero-order valence-electron chi connectivity index (χ0n) is 14.6. The van der Waals surface area contributed by atoms with Gasteiger partial charge in [0, 0.05) is 18.7 Å². The van der Waals surface area contributed by atoms with E-state index in [-0.39, 0.29) is 5.56 Å². The number of anilines is 1. The first kappa shape index (κ1) is 17.0. The predicted molar refractivity (Wildman–Crippen MR) is 92.3 cm³/mol. The monoisotopic (exact) mass is 340 g/mol. The van der Waals surface area contributed by atoms with Gasteiger partial charge in [-0.3, -0.25) is 4.79 Å².